The van der Waals surface area contributed by atoms with E-state index < -0.39 is 0 Å². The SMILES string of the molecule is CC1=C(c2ccco2)NC(Cl)=NC1c1cccs1. The average Bonchev–Trinajstić information content (AvgIpc) is 3.02. The Kier molecular flexibility index (Phi) is 2.97. The Balaban J connectivity index is 2.06. The van der Waals surface area contributed by atoms with Gasteiger partial charge in [-0.3, -0.25) is 0 Å². The molecule has 0 aromatic carbocycles. The second-order valence-corrected chi connectivity index (χ2v) is 5.34. The Hall–Kier alpha value is -1.52. The van der Waals surface area contributed by atoms with E-state index >= 15 is 0 Å². The van der Waals surface area contributed by atoms with E-state index in [-0.39, 0.29) is 6.04 Å². The summed E-state index contributed by atoms with van der Waals surface area (Å²) in [7, 11) is 0. The van der Waals surface area contributed by atoms with Crippen LogP contribution in [0.2, 0.25) is 0 Å². The summed E-state index contributed by atoms with van der Waals surface area (Å²) in [5.41, 5.74) is 2.01. The quantitative estimate of drug-likeness (QED) is 0.843. The average molecular weight is 279 g/mol. The van der Waals surface area contributed by atoms with E-state index in [2.05, 4.69) is 16.4 Å². The van der Waals surface area contributed by atoms with Gasteiger partial charge in [0.25, 0.3) is 0 Å². The molecule has 1 aliphatic heterocycles. The molecule has 0 saturated heterocycles. The molecule has 0 amide bonds. The Morgan fingerprint density at radius 2 is 2.28 bits per heavy atom. The lowest BCUT2D eigenvalue weighted by molar-refractivity contribution is 0.548. The summed E-state index contributed by atoms with van der Waals surface area (Å²) >= 11 is 7.75. The highest BCUT2D eigenvalue weighted by molar-refractivity contribution is 7.10. The Morgan fingerprint density at radius 1 is 1.39 bits per heavy atom. The van der Waals surface area contributed by atoms with E-state index in [1.807, 2.05) is 30.5 Å². The van der Waals surface area contributed by atoms with Crippen molar-refractivity contribution in [3.63, 3.8) is 0 Å². The number of nitrogens with zero attached hydrogens (tertiary/aromatic N) is 1. The van der Waals surface area contributed by atoms with Crippen LogP contribution in [-0.4, -0.2) is 5.29 Å². The third kappa shape index (κ3) is 1.98. The highest BCUT2D eigenvalue weighted by atomic mass is 35.5. The molecular formula is C13H11ClN2OS. The summed E-state index contributed by atoms with van der Waals surface area (Å²) < 4.78 is 5.43. The van der Waals surface area contributed by atoms with Crippen molar-refractivity contribution < 1.29 is 4.42 Å². The molecule has 2 aromatic heterocycles. The van der Waals surface area contributed by atoms with Gasteiger partial charge in [0.1, 0.15) is 11.8 Å². The van der Waals surface area contributed by atoms with Crippen LogP contribution in [0.5, 0.6) is 0 Å². The monoisotopic (exact) mass is 278 g/mol. The molecule has 5 heteroatoms. The Morgan fingerprint density at radius 3 is 2.94 bits per heavy atom. The van der Waals surface area contributed by atoms with Crippen LogP contribution in [0.25, 0.3) is 5.70 Å². The predicted molar refractivity (Wildman–Crippen MR) is 74.8 cm³/mol. The number of halogens is 1. The van der Waals surface area contributed by atoms with Crippen LogP contribution in [0.4, 0.5) is 0 Å². The predicted octanol–water partition coefficient (Wildman–Crippen LogP) is 4.01. The number of hydrogen-bond acceptors (Lipinski definition) is 4. The van der Waals surface area contributed by atoms with Gasteiger partial charge >= 0.3 is 0 Å². The van der Waals surface area contributed by atoms with Gasteiger partial charge in [-0.1, -0.05) is 6.07 Å². The summed E-state index contributed by atoms with van der Waals surface area (Å²) in [6.45, 7) is 2.04. The van der Waals surface area contributed by atoms with E-state index in [9.17, 15) is 0 Å². The lowest BCUT2D eigenvalue weighted by Gasteiger charge is -2.22. The Bertz CT molecular complexity index is 599. The largest absolute Gasteiger partial charge is 0.463 e. The molecule has 3 heterocycles. The van der Waals surface area contributed by atoms with Crippen molar-refractivity contribution in [3.8, 4) is 0 Å². The maximum atomic E-state index is 6.07. The molecule has 18 heavy (non-hydrogen) atoms. The van der Waals surface area contributed by atoms with Gasteiger partial charge in [0.2, 0.25) is 0 Å². The van der Waals surface area contributed by atoms with Gasteiger partial charge in [0.15, 0.2) is 5.29 Å². The minimum Gasteiger partial charge on any atom is -0.463 e. The molecule has 92 valence electrons. The van der Waals surface area contributed by atoms with E-state index in [1.165, 1.54) is 4.88 Å². The molecule has 0 aliphatic carbocycles. The van der Waals surface area contributed by atoms with Crippen molar-refractivity contribution in [2.75, 3.05) is 0 Å². The van der Waals surface area contributed by atoms with Crippen LogP contribution in [0, 0.1) is 0 Å². The lowest BCUT2D eigenvalue weighted by atomic mass is 10.0. The van der Waals surface area contributed by atoms with Crippen molar-refractivity contribution >= 4 is 33.9 Å². The summed E-state index contributed by atoms with van der Waals surface area (Å²) in [4.78, 5) is 5.62. The molecule has 3 nitrogen and oxygen atoms in total. The lowest BCUT2D eigenvalue weighted by Crippen LogP contribution is -2.24. The number of hydrogen-bond donors (Lipinski definition) is 1. The highest BCUT2D eigenvalue weighted by Crippen LogP contribution is 2.36. The molecule has 0 saturated carbocycles. The van der Waals surface area contributed by atoms with E-state index in [4.69, 9.17) is 16.0 Å². The van der Waals surface area contributed by atoms with Gasteiger partial charge in [-0.25, -0.2) is 4.99 Å². The van der Waals surface area contributed by atoms with Crippen molar-refractivity contribution in [2.45, 2.75) is 13.0 Å². The molecule has 0 radical (unpaired) electrons. The molecule has 1 aliphatic rings. The normalized spacial score (nSPS) is 19.7. The fraction of sp³-hybridized carbons (Fsp3) is 0.154. The van der Waals surface area contributed by atoms with Gasteiger partial charge in [0.05, 0.1) is 12.0 Å². The fourth-order valence-electron chi connectivity index (χ4n) is 1.98. The van der Waals surface area contributed by atoms with Crippen LogP contribution in [0.3, 0.4) is 0 Å². The van der Waals surface area contributed by atoms with E-state index in [1.54, 1.807) is 17.6 Å². The van der Waals surface area contributed by atoms with Gasteiger partial charge in [-0.15, -0.1) is 11.3 Å². The molecule has 1 unspecified atom stereocenters. The zero-order chi connectivity index (χ0) is 12.5. The maximum absolute atomic E-state index is 6.07. The summed E-state index contributed by atoms with van der Waals surface area (Å²) in [6, 6.07) is 7.83. The number of rotatable bonds is 2. The number of aliphatic imine (C=N–C) groups is 1. The van der Waals surface area contributed by atoms with E-state index in [0.29, 0.717) is 5.29 Å². The van der Waals surface area contributed by atoms with Crippen LogP contribution in [-0.2, 0) is 0 Å². The summed E-state index contributed by atoms with van der Waals surface area (Å²) in [5, 5.41) is 5.50. The van der Waals surface area contributed by atoms with Gasteiger partial charge in [0, 0.05) is 4.88 Å². The number of thiophene rings is 1. The zero-order valence-electron chi connectivity index (χ0n) is 9.68. The number of nitrogens with one attached hydrogen (secondary N) is 1. The molecule has 0 fully saturated rings. The molecule has 1 N–H and O–H groups in total. The third-order valence-electron chi connectivity index (χ3n) is 2.86. The second kappa shape index (κ2) is 4.63. The number of furan rings is 1. The van der Waals surface area contributed by atoms with Crippen LogP contribution >= 0.6 is 22.9 Å². The second-order valence-electron chi connectivity index (χ2n) is 4.00. The molecule has 1 atom stereocenters. The third-order valence-corrected chi connectivity index (χ3v) is 3.97. The molecule has 0 bridgehead atoms. The summed E-state index contributed by atoms with van der Waals surface area (Å²) in [6.07, 6.45) is 1.65. The van der Waals surface area contributed by atoms with Crippen LogP contribution in [0.1, 0.15) is 23.6 Å². The molecular weight excluding hydrogens is 268 g/mol. The first-order valence-corrected chi connectivity index (χ1v) is 6.80. The number of amidine groups is 1. The first-order valence-electron chi connectivity index (χ1n) is 5.54. The summed E-state index contributed by atoms with van der Waals surface area (Å²) in [5.74, 6) is 0.780. The van der Waals surface area contributed by atoms with Crippen LogP contribution < -0.4 is 5.32 Å². The standard InChI is InChI=1S/C13H11ClN2OS/c1-8-11(9-4-2-6-17-9)15-13(14)16-12(8)10-5-3-7-18-10/h2-7,12H,1H3,(H,15,16). The maximum Gasteiger partial charge on any atom is 0.196 e. The molecule has 0 spiro atoms. The zero-order valence-corrected chi connectivity index (χ0v) is 11.3. The first-order chi connectivity index (χ1) is 8.75. The molecule has 2 aromatic rings. The van der Waals surface area contributed by atoms with E-state index in [0.717, 1.165) is 17.0 Å². The highest BCUT2D eigenvalue weighted by Gasteiger charge is 2.24. The topological polar surface area (TPSA) is 37.5 Å². The van der Waals surface area contributed by atoms with Gasteiger partial charge in [-0.05, 0) is 47.7 Å². The Labute approximate surface area is 114 Å². The van der Waals surface area contributed by atoms with Gasteiger partial charge in [-0.2, -0.15) is 0 Å². The minimum atomic E-state index is -0.0288. The fourth-order valence-corrected chi connectivity index (χ4v) is 3.00. The van der Waals surface area contributed by atoms with Crippen molar-refractivity contribution in [1.29, 1.82) is 0 Å². The first kappa shape index (κ1) is 11.6. The van der Waals surface area contributed by atoms with Crippen molar-refractivity contribution in [1.82, 2.24) is 5.32 Å². The minimum absolute atomic E-state index is 0.0288. The van der Waals surface area contributed by atoms with Crippen molar-refractivity contribution in [3.05, 3.63) is 52.1 Å². The van der Waals surface area contributed by atoms with Gasteiger partial charge < -0.3 is 9.73 Å². The molecule has 3 rings (SSSR count). The van der Waals surface area contributed by atoms with Crippen molar-refractivity contribution in [2.24, 2.45) is 4.99 Å². The smallest absolute Gasteiger partial charge is 0.196 e. The van der Waals surface area contributed by atoms with Crippen LogP contribution in [0.15, 0.2) is 50.9 Å².